The summed E-state index contributed by atoms with van der Waals surface area (Å²) in [5.74, 6) is -1.61. The number of aliphatic hydroxyl groups excluding tert-OH is 1. The number of hydrogen-bond acceptors (Lipinski definition) is 5. The summed E-state index contributed by atoms with van der Waals surface area (Å²) >= 11 is 1.66. The number of likely N-dealkylation sites (tertiary alicyclic amines) is 1. The van der Waals surface area contributed by atoms with Gasteiger partial charge in [-0.25, -0.2) is 0 Å². The molecule has 2 bridgehead atoms. The molecule has 3 aliphatic rings. The molecule has 8 heteroatoms. The maximum atomic E-state index is 14.3. The average Bonchev–Trinajstić information content (AvgIpc) is 3.41. The van der Waals surface area contributed by atoms with Crippen LogP contribution in [0.3, 0.4) is 0 Å². The van der Waals surface area contributed by atoms with Crippen LogP contribution in [-0.2, 0) is 14.4 Å². The Labute approximate surface area is 219 Å². The van der Waals surface area contributed by atoms with Crippen LogP contribution in [0.15, 0.2) is 30.3 Å². The third kappa shape index (κ3) is 4.34. The van der Waals surface area contributed by atoms with Crippen LogP contribution in [0.2, 0.25) is 0 Å². The monoisotopic (exact) mass is 515 g/mol. The number of hydrogen-bond donors (Lipinski definition) is 3. The first kappa shape index (κ1) is 27.0. The van der Waals surface area contributed by atoms with E-state index in [0.717, 1.165) is 25.7 Å². The molecule has 8 atom stereocenters. The number of thioether (sulfide) groups is 1. The molecule has 0 aliphatic carbocycles. The summed E-state index contributed by atoms with van der Waals surface area (Å²) in [6.07, 6.45) is 4.04. The van der Waals surface area contributed by atoms with Gasteiger partial charge in [-0.1, -0.05) is 51.8 Å². The second-order valence-corrected chi connectivity index (χ2v) is 13.1. The Hall–Kier alpha value is -2.06. The summed E-state index contributed by atoms with van der Waals surface area (Å²) in [7, 11) is 0. The zero-order valence-corrected chi connectivity index (χ0v) is 22.9. The van der Waals surface area contributed by atoms with E-state index in [1.54, 1.807) is 16.7 Å². The van der Waals surface area contributed by atoms with Crippen molar-refractivity contribution < 1.29 is 19.5 Å². The molecule has 0 radical (unpaired) electrons. The number of nitrogens with zero attached hydrogens (tertiary/aromatic N) is 1. The predicted octanol–water partition coefficient (Wildman–Crippen LogP) is 3.82. The molecule has 0 aromatic heterocycles. The fourth-order valence-corrected chi connectivity index (χ4v) is 9.15. The van der Waals surface area contributed by atoms with E-state index in [2.05, 4.69) is 24.5 Å². The third-order valence-corrected chi connectivity index (χ3v) is 10.7. The molecule has 1 aromatic carbocycles. The summed E-state index contributed by atoms with van der Waals surface area (Å²) in [5.41, 5.74) is 0.700. The van der Waals surface area contributed by atoms with Crippen molar-refractivity contribution in [3.05, 3.63) is 30.3 Å². The van der Waals surface area contributed by atoms with Crippen LogP contribution in [0.25, 0.3) is 0 Å². The van der Waals surface area contributed by atoms with Crippen LogP contribution in [0.5, 0.6) is 0 Å². The Morgan fingerprint density at radius 2 is 1.86 bits per heavy atom. The lowest BCUT2D eigenvalue weighted by molar-refractivity contribution is -0.143. The van der Waals surface area contributed by atoms with E-state index in [0.29, 0.717) is 12.1 Å². The van der Waals surface area contributed by atoms with Gasteiger partial charge in [0, 0.05) is 16.5 Å². The van der Waals surface area contributed by atoms with E-state index in [9.17, 15) is 19.5 Å². The Morgan fingerprint density at radius 3 is 2.47 bits per heavy atom. The van der Waals surface area contributed by atoms with Crippen molar-refractivity contribution in [1.29, 1.82) is 0 Å². The van der Waals surface area contributed by atoms with Gasteiger partial charge in [0.05, 0.1) is 29.2 Å². The minimum absolute atomic E-state index is 0.0116. The molecule has 3 unspecified atom stereocenters. The van der Waals surface area contributed by atoms with E-state index in [4.69, 9.17) is 0 Å². The molecular weight excluding hydrogens is 474 g/mol. The number of aliphatic hydroxyl groups is 1. The molecule has 4 rings (SSSR count). The molecule has 3 saturated heterocycles. The van der Waals surface area contributed by atoms with Crippen LogP contribution in [-0.4, -0.2) is 62.0 Å². The van der Waals surface area contributed by atoms with Crippen molar-refractivity contribution in [3.8, 4) is 0 Å². The summed E-state index contributed by atoms with van der Waals surface area (Å²) in [5, 5.41) is 16.6. The standard InChI is InChI=1S/C28H41N3O4S/c1-6-11-18(4)29-25(34)23-28-15-14-27(5,36-28)21(24(33)30-19-12-9-8-10-13-19)22(28)26(35)31(23)20(16-32)17(3)7-2/h8-10,12-13,17-18,20-23,32H,6-7,11,14-16H2,1-5H3,(H,29,34)(H,30,33)/t17-,18?,20-,21+,22-,23?,27-,28?/m0/s1. The quantitative estimate of drug-likeness (QED) is 0.440. The van der Waals surface area contributed by atoms with Crippen molar-refractivity contribution in [2.45, 2.75) is 94.3 Å². The average molecular weight is 516 g/mol. The fourth-order valence-electron chi connectivity index (χ4n) is 6.80. The van der Waals surface area contributed by atoms with Crippen LogP contribution in [0.1, 0.15) is 66.7 Å². The molecule has 0 saturated carbocycles. The maximum Gasteiger partial charge on any atom is 0.244 e. The summed E-state index contributed by atoms with van der Waals surface area (Å²) in [6.45, 7) is 9.99. The van der Waals surface area contributed by atoms with Gasteiger partial charge in [-0.3, -0.25) is 14.4 Å². The number of para-hydroxylation sites is 1. The largest absolute Gasteiger partial charge is 0.394 e. The van der Waals surface area contributed by atoms with E-state index >= 15 is 0 Å². The Balaban J connectivity index is 1.75. The van der Waals surface area contributed by atoms with Crippen LogP contribution in [0, 0.1) is 17.8 Å². The molecule has 7 nitrogen and oxygen atoms in total. The van der Waals surface area contributed by atoms with Crippen LogP contribution < -0.4 is 10.6 Å². The van der Waals surface area contributed by atoms with Gasteiger partial charge in [0.25, 0.3) is 0 Å². The normalized spacial score (nSPS) is 33.2. The first-order valence-corrected chi connectivity index (χ1v) is 14.2. The highest BCUT2D eigenvalue weighted by Gasteiger charge is 2.77. The molecule has 3 amide bonds. The number of carbonyl (C=O) groups is 3. The highest BCUT2D eigenvalue weighted by molar-refractivity contribution is 8.02. The number of carbonyl (C=O) groups excluding carboxylic acids is 3. The SMILES string of the molecule is CCCC(C)NC(=O)C1N([C@@H](CO)[C@@H](C)CC)C(=O)[C@@H]2[C@H](C(=O)Nc3ccccc3)[C@]3(C)CCC12S3. The number of rotatable bonds is 10. The molecular formula is C28H41N3O4S. The topological polar surface area (TPSA) is 98.7 Å². The Morgan fingerprint density at radius 1 is 1.17 bits per heavy atom. The van der Waals surface area contributed by atoms with Gasteiger partial charge in [0.2, 0.25) is 17.7 Å². The zero-order chi connectivity index (χ0) is 26.3. The fraction of sp³-hybridized carbons (Fsp3) is 0.679. The van der Waals surface area contributed by atoms with Gasteiger partial charge in [-0.05, 0) is 51.2 Å². The van der Waals surface area contributed by atoms with Crippen molar-refractivity contribution in [2.75, 3.05) is 11.9 Å². The third-order valence-electron chi connectivity index (χ3n) is 8.74. The molecule has 36 heavy (non-hydrogen) atoms. The van der Waals surface area contributed by atoms with Gasteiger partial charge in [0.15, 0.2) is 0 Å². The molecule has 3 N–H and O–H groups in total. The number of fused-ring (bicyclic) bond motifs is 1. The van der Waals surface area contributed by atoms with Gasteiger partial charge >= 0.3 is 0 Å². The number of nitrogens with one attached hydrogen (secondary N) is 2. The van der Waals surface area contributed by atoms with E-state index in [-0.39, 0.29) is 36.3 Å². The smallest absolute Gasteiger partial charge is 0.244 e. The summed E-state index contributed by atoms with van der Waals surface area (Å²) < 4.78 is -1.11. The van der Waals surface area contributed by atoms with Crippen molar-refractivity contribution in [3.63, 3.8) is 0 Å². The Bertz CT molecular complexity index is 990. The van der Waals surface area contributed by atoms with Gasteiger partial charge < -0.3 is 20.6 Å². The van der Waals surface area contributed by atoms with Gasteiger partial charge in [-0.2, -0.15) is 0 Å². The van der Waals surface area contributed by atoms with E-state index < -0.39 is 33.4 Å². The summed E-state index contributed by atoms with van der Waals surface area (Å²) in [6, 6.07) is 8.13. The van der Waals surface area contributed by atoms with Crippen molar-refractivity contribution >= 4 is 35.2 Å². The molecule has 3 heterocycles. The van der Waals surface area contributed by atoms with Crippen molar-refractivity contribution in [2.24, 2.45) is 17.8 Å². The number of anilines is 1. The predicted molar refractivity (Wildman–Crippen MR) is 143 cm³/mol. The molecule has 198 valence electrons. The highest BCUT2D eigenvalue weighted by Crippen LogP contribution is 2.71. The first-order chi connectivity index (χ1) is 17.1. The Kier molecular flexibility index (Phi) is 7.77. The second-order valence-electron chi connectivity index (χ2n) is 11.2. The summed E-state index contributed by atoms with van der Waals surface area (Å²) in [4.78, 5) is 43.6. The minimum Gasteiger partial charge on any atom is -0.394 e. The van der Waals surface area contributed by atoms with Gasteiger partial charge in [0.1, 0.15) is 6.04 Å². The maximum absolute atomic E-state index is 14.3. The van der Waals surface area contributed by atoms with E-state index in [1.165, 1.54) is 0 Å². The lowest BCUT2D eigenvalue weighted by atomic mass is 9.66. The minimum atomic E-state index is -0.707. The molecule has 1 spiro atoms. The first-order valence-electron chi connectivity index (χ1n) is 13.4. The molecule has 3 aliphatic heterocycles. The molecule has 3 fully saturated rings. The second kappa shape index (κ2) is 10.4. The van der Waals surface area contributed by atoms with Crippen molar-refractivity contribution in [1.82, 2.24) is 10.2 Å². The lowest BCUT2D eigenvalue weighted by Crippen LogP contribution is -2.58. The number of benzene rings is 1. The van der Waals surface area contributed by atoms with E-state index in [1.807, 2.05) is 51.1 Å². The van der Waals surface area contributed by atoms with Crippen LogP contribution >= 0.6 is 11.8 Å². The van der Waals surface area contributed by atoms with Gasteiger partial charge in [-0.15, -0.1) is 11.8 Å². The number of amides is 3. The molecule has 1 aromatic rings. The highest BCUT2D eigenvalue weighted by atomic mass is 32.2. The van der Waals surface area contributed by atoms with Crippen LogP contribution in [0.4, 0.5) is 5.69 Å². The lowest BCUT2D eigenvalue weighted by Gasteiger charge is -2.39. The zero-order valence-electron chi connectivity index (χ0n) is 22.1.